The van der Waals surface area contributed by atoms with Crippen molar-refractivity contribution in [3.63, 3.8) is 0 Å². The Morgan fingerprint density at radius 1 is 1.12 bits per heavy atom. The largest absolute Gasteiger partial charge is 0.431 e. The van der Waals surface area contributed by atoms with Gasteiger partial charge in [0.15, 0.2) is 0 Å². The second kappa shape index (κ2) is 8.14. The Bertz CT molecular complexity index is 1190. The molecule has 4 rings (SSSR count). The Labute approximate surface area is 192 Å². The number of aromatic nitrogens is 1. The quantitative estimate of drug-likeness (QED) is 0.724. The predicted octanol–water partition coefficient (Wildman–Crippen LogP) is 3.05. The van der Waals surface area contributed by atoms with E-state index in [0.717, 1.165) is 10.4 Å². The molecule has 0 unspecified atom stereocenters. The third-order valence-electron chi connectivity index (χ3n) is 6.64. The number of piperidine rings is 1. The molecule has 0 aliphatic carbocycles. The van der Waals surface area contributed by atoms with Crippen LogP contribution in [0, 0.1) is 6.92 Å². The van der Waals surface area contributed by atoms with E-state index < -0.39 is 27.4 Å². The van der Waals surface area contributed by atoms with Gasteiger partial charge in [-0.1, -0.05) is 0 Å². The zero-order valence-corrected chi connectivity index (χ0v) is 19.6. The van der Waals surface area contributed by atoms with Gasteiger partial charge in [-0.15, -0.1) is 0 Å². The molecule has 1 aromatic heterocycles. The number of nitrogens with one attached hydrogen (secondary N) is 1. The molecule has 1 aromatic carbocycles. The van der Waals surface area contributed by atoms with Gasteiger partial charge in [-0.05, 0) is 55.7 Å². The molecule has 7 nitrogen and oxygen atoms in total. The van der Waals surface area contributed by atoms with Crippen molar-refractivity contribution in [3.8, 4) is 0 Å². The lowest BCUT2D eigenvalue weighted by Gasteiger charge is -2.45. The fraction of sp³-hybridized carbons (Fsp3) is 0.500. The molecule has 0 bridgehead atoms. The van der Waals surface area contributed by atoms with E-state index in [1.54, 1.807) is 24.0 Å². The highest BCUT2D eigenvalue weighted by Gasteiger charge is 2.44. The number of aryl methyl sites for hydroxylation is 1. The summed E-state index contributed by atoms with van der Waals surface area (Å²) in [6.07, 6.45) is -3.42. The van der Waals surface area contributed by atoms with E-state index in [4.69, 9.17) is 0 Å². The first kappa shape index (κ1) is 23.8. The maximum atomic E-state index is 13.4. The maximum absolute atomic E-state index is 13.4. The van der Waals surface area contributed by atoms with E-state index in [2.05, 4.69) is 5.32 Å². The van der Waals surface area contributed by atoms with Gasteiger partial charge in [0.2, 0.25) is 10.0 Å². The Balaban J connectivity index is 0.00000324. The standard InChI is InChI=1S/C22H27F3N4O3S.H2/c1-15-14-16(4-5-17(15)33(31,32)27(2)3)20(30)28-11-8-21(9-12-28)18-6-7-19(22(23,24)25)29(18)13-10-26-21;/h4-7,14,26H,8-13H2,1-3H3;1H. The second-order valence-electron chi connectivity index (χ2n) is 8.82. The lowest BCUT2D eigenvalue weighted by atomic mass is 9.83. The molecule has 1 amide bonds. The molecule has 2 aliphatic heterocycles. The number of carbonyl (C=O) groups is 1. The summed E-state index contributed by atoms with van der Waals surface area (Å²) in [5.74, 6) is -0.219. The van der Waals surface area contributed by atoms with Gasteiger partial charge >= 0.3 is 6.18 Å². The summed E-state index contributed by atoms with van der Waals surface area (Å²) in [5.41, 5.74) is 0.246. The van der Waals surface area contributed by atoms with Crippen molar-refractivity contribution in [3.05, 3.63) is 52.8 Å². The van der Waals surface area contributed by atoms with Gasteiger partial charge in [0, 0.05) is 53.0 Å². The summed E-state index contributed by atoms with van der Waals surface area (Å²) in [7, 11) is -0.714. The van der Waals surface area contributed by atoms with Crippen LogP contribution in [-0.2, 0) is 28.3 Å². The van der Waals surface area contributed by atoms with Gasteiger partial charge in [-0.2, -0.15) is 13.2 Å². The molecule has 0 saturated carbocycles. The number of amides is 1. The molecule has 1 spiro atoms. The second-order valence-corrected chi connectivity index (χ2v) is 10.9. The zero-order chi connectivity index (χ0) is 24.2. The number of hydrogen-bond donors (Lipinski definition) is 1. The highest BCUT2D eigenvalue weighted by Crippen LogP contribution is 2.40. The van der Waals surface area contributed by atoms with Crippen LogP contribution in [0.3, 0.4) is 0 Å². The fourth-order valence-corrected chi connectivity index (χ4v) is 5.95. The molecule has 1 N–H and O–H groups in total. The van der Waals surface area contributed by atoms with E-state index >= 15 is 0 Å². The fourth-order valence-electron chi connectivity index (χ4n) is 4.85. The molecule has 1 saturated heterocycles. The van der Waals surface area contributed by atoms with Crippen molar-refractivity contribution in [2.45, 2.75) is 42.9 Å². The SMILES string of the molecule is Cc1cc(C(=O)N2CCC3(CC2)NCCn2c(C(F)(F)F)ccc23)ccc1S(=O)(=O)N(C)C.[HH]. The Kier molecular flexibility index (Phi) is 5.86. The maximum Gasteiger partial charge on any atom is 0.431 e. The van der Waals surface area contributed by atoms with Crippen LogP contribution in [0.1, 0.15) is 41.6 Å². The van der Waals surface area contributed by atoms with E-state index in [1.807, 2.05) is 0 Å². The topological polar surface area (TPSA) is 74.6 Å². The van der Waals surface area contributed by atoms with Gasteiger partial charge in [0.25, 0.3) is 5.91 Å². The van der Waals surface area contributed by atoms with Crippen molar-refractivity contribution in [2.75, 3.05) is 33.7 Å². The smallest absolute Gasteiger partial charge is 0.338 e. The number of carbonyl (C=O) groups excluding carboxylic acids is 1. The first-order chi connectivity index (χ1) is 15.4. The lowest BCUT2D eigenvalue weighted by Crippen LogP contribution is -2.56. The number of hydrogen-bond acceptors (Lipinski definition) is 4. The first-order valence-electron chi connectivity index (χ1n) is 10.7. The van der Waals surface area contributed by atoms with E-state index in [1.165, 1.54) is 30.8 Å². The van der Waals surface area contributed by atoms with Crippen LogP contribution in [0.2, 0.25) is 0 Å². The molecule has 2 aliphatic rings. The molecule has 0 atom stereocenters. The third kappa shape index (κ3) is 4.06. The van der Waals surface area contributed by atoms with Gasteiger partial charge in [-0.3, -0.25) is 4.79 Å². The van der Waals surface area contributed by atoms with Crippen molar-refractivity contribution in [1.82, 2.24) is 19.1 Å². The molecule has 1 fully saturated rings. The van der Waals surface area contributed by atoms with Gasteiger partial charge in [0.1, 0.15) is 5.69 Å². The molecule has 3 heterocycles. The minimum absolute atomic E-state index is 0. The van der Waals surface area contributed by atoms with Crippen LogP contribution in [0.4, 0.5) is 13.2 Å². The van der Waals surface area contributed by atoms with Gasteiger partial charge < -0.3 is 14.8 Å². The van der Waals surface area contributed by atoms with Crippen LogP contribution in [-0.4, -0.2) is 61.8 Å². The summed E-state index contributed by atoms with van der Waals surface area (Å²) in [4.78, 5) is 14.9. The average Bonchev–Trinajstić information content (AvgIpc) is 3.20. The molecular weight excluding hydrogens is 457 g/mol. The molecule has 33 heavy (non-hydrogen) atoms. The van der Waals surface area contributed by atoms with Gasteiger partial charge in [0.05, 0.1) is 10.4 Å². The lowest BCUT2D eigenvalue weighted by molar-refractivity contribution is -0.144. The normalized spacial score (nSPS) is 18.6. The number of rotatable bonds is 3. The highest BCUT2D eigenvalue weighted by atomic mass is 32.2. The van der Waals surface area contributed by atoms with Crippen molar-refractivity contribution < 1.29 is 27.8 Å². The van der Waals surface area contributed by atoms with Crippen molar-refractivity contribution in [1.29, 1.82) is 0 Å². The average molecular weight is 487 g/mol. The van der Waals surface area contributed by atoms with Crippen LogP contribution in [0.5, 0.6) is 0 Å². The molecular formula is C22H29F3N4O3S. The third-order valence-corrected chi connectivity index (χ3v) is 8.62. The minimum atomic E-state index is -4.41. The minimum Gasteiger partial charge on any atom is -0.338 e. The number of likely N-dealkylation sites (tertiary alicyclic amines) is 1. The zero-order valence-electron chi connectivity index (χ0n) is 18.7. The van der Waals surface area contributed by atoms with E-state index in [-0.39, 0.29) is 18.8 Å². The van der Waals surface area contributed by atoms with Crippen molar-refractivity contribution in [2.24, 2.45) is 0 Å². The van der Waals surface area contributed by atoms with E-state index in [0.29, 0.717) is 49.3 Å². The van der Waals surface area contributed by atoms with Crippen LogP contribution >= 0.6 is 0 Å². The summed E-state index contributed by atoms with van der Waals surface area (Å²) < 4.78 is 67.4. The Morgan fingerprint density at radius 3 is 2.36 bits per heavy atom. The van der Waals surface area contributed by atoms with E-state index in [9.17, 15) is 26.4 Å². The summed E-state index contributed by atoms with van der Waals surface area (Å²) >= 11 is 0. The number of sulfonamides is 1. The molecule has 11 heteroatoms. The summed E-state index contributed by atoms with van der Waals surface area (Å²) in [5, 5.41) is 3.40. The number of nitrogens with zero attached hydrogens (tertiary/aromatic N) is 3. The number of halogens is 3. The number of fused-ring (bicyclic) bond motifs is 2. The summed E-state index contributed by atoms with van der Waals surface area (Å²) in [6, 6.07) is 7.20. The van der Waals surface area contributed by atoms with Crippen LogP contribution in [0.15, 0.2) is 35.2 Å². The predicted molar refractivity (Wildman–Crippen MR) is 118 cm³/mol. The highest BCUT2D eigenvalue weighted by molar-refractivity contribution is 7.89. The number of alkyl halides is 3. The Hall–Kier alpha value is -2.37. The Morgan fingerprint density at radius 2 is 1.79 bits per heavy atom. The van der Waals surface area contributed by atoms with Gasteiger partial charge in [-0.25, -0.2) is 12.7 Å². The molecule has 2 aromatic rings. The monoisotopic (exact) mass is 486 g/mol. The van der Waals surface area contributed by atoms with Crippen LogP contribution in [0.25, 0.3) is 0 Å². The van der Waals surface area contributed by atoms with Crippen LogP contribution < -0.4 is 5.32 Å². The summed E-state index contributed by atoms with van der Waals surface area (Å²) in [6.45, 7) is 3.10. The first-order valence-corrected chi connectivity index (χ1v) is 12.2. The van der Waals surface area contributed by atoms with Crippen molar-refractivity contribution >= 4 is 15.9 Å². The molecule has 182 valence electrons. The number of benzene rings is 1. The molecule has 0 radical (unpaired) electrons.